The summed E-state index contributed by atoms with van der Waals surface area (Å²) in [6.07, 6.45) is 1.80. The predicted molar refractivity (Wildman–Crippen MR) is 95.0 cm³/mol. The fraction of sp³-hybridized carbons (Fsp3) is 0.611. The monoisotopic (exact) mass is 350 g/mol. The van der Waals surface area contributed by atoms with Gasteiger partial charge in [-0.15, -0.1) is 0 Å². The van der Waals surface area contributed by atoms with E-state index in [2.05, 4.69) is 0 Å². The number of nitro groups is 1. The molecule has 1 aliphatic heterocycles. The van der Waals surface area contributed by atoms with Crippen molar-refractivity contribution in [3.8, 4) is 0 Å². The molecule has 0 spiro atoms. The number of anilines is 1. The summed E-state index contributed by atoms with van der Waals surface area (Å²) in [5.41, 5.74) is 1.48. The standard InChI is InChI=1S/C18H26N2O5/c1-4-13(11-18(21)24-3)14-6-7-16(17(10-14)20(22)23)19(5-2)15-8-9-25-12-15/h6-7,10,13,15H,4-5,8-9,11-12H2,1-3H3. The van der Waals surface area contributed by atoms with Gasteiger partial charge in [0.25, 0.3) is 5.69 Å². The minimum Gasteiger partial charge on any atom is -0.469 e. The number of carbonyl (C=O) groups is 1. The molecule has 1 aromatic rings. The number of benzene rings is 1. The Kier molecular flexibility index (Phi) is 6.75. The molecular formula is C18H26N2O5. The molecule has 1 heterocycles. The lowest BCUT2D eigenvalue weighted by Crippen LogP contribution is -2.36. The van der Waals surface area contributed by atoms with Crippen molar-refractivity contribution in [1.82, 2.24) is 0 Å². The lowest BCUT2D eigenvalue weighted by atomic mass is 9.92. The fourth-order valence-electron chi connectivity index (χ4n) is 3.36. The van der Waals surface area contributed by atoms with Crippen molar-refractivity contribution in [3.05, 3.63) is 33.9 Å². The van der Waals surface area contributed by atoms with Gasteiger partial charge in [0.15, 0.2) is 0 Å². The number of ether oxygens (including phenoxy) is 2. The number of nitro benzene ring substituents is 1. The number of hydrogen-bond acceptors (Lipinski definition) is 6. The first-order valence-corrected chi connectivity index (χ1v) is 8.71. The smallest absolute Gasteiger partial charge is 0.306 e. The zero-order chi connectivity index (χ0) is 18.4. The van der Waals surface area contributed by atoms with Gasteiger partial charge in [-0.05, 0) is 37.3 Å². The SMILES string of the molecule is CCC(CC(=O)OC)c1ccc(N(CC)C2CCOC2)c([N+](=O)[O-])c1. The van der Waals surface area contributed by atoms with Crippen LogP contribution in [0.5, 0.6) is 0 Å². The van der Waals surface area contributed by atoms with Gasteiger partial charge in [-0.25, -0.2) is 0 Å². The molecule has 25 heavy (non-hydrogen) atoms. The second-order valence-corrected chi connectivity index (χ2v) is 6.19. The van der Waals surface area contributed by atoms with Crippen molar-refractivity contribution in [1.29, 1.82) is 0 Å². The van der Waals surface area contributed by atoms with Gasteiger partial charge in [0.05, 0.1) is 31.1 Å². The summed E-state index contributed by atoms with van der Waals surface area (Å²) in [4.78, 5) is 24.9. The molecule has 2 unspecified atom stereocenters. The van der Waals surface area contributed by atoms with Crippen LogP contribution >= 0.6 is 0 Å². The first kappa shape index (κ1) is 19.2. The van der Waals surface area contributed by atoms with Crippen LogP contribution in [0.15, 0.2) is 18.2 Å². The van der Waals surface area contributed by atoms with E-state index in [-0.39, 0.29) is 35.0 Å². The van der Waals surface area contributed by atoms with E-state index in [1.807, 2.05) is 24.8 Å². The third-order valence-electron chi connectivity index (χ3n) is 4.80. The minimum atomic E-state index is -0.345. The minimum absolute atomic E-state index is 0.0783. The van der Waals surface area contributed by atoms with Crippen LogP contribution in [-0.4, -0.2) is 43.8 Å². The van der Waals surface area contributed by atoms with Gasteiger partial charge >= 0.3 is 5.97 Å². The number of likely N-dealkylation sites (N-methyl/N-ethyl adjacent to an activating group) is 1. The summed E-state index contributed by atoms with van der Waals surface area (Å²) >= 11 is 0. The molecule has 2 rings (SSSR count). The van der Waals surface area contributed by atoms with E-state index in [0.717, 1.165) is 12.0 Å². The molecule has 0 radical (unpaired) electrons. The van der Waals surface area contributed by atoms with Crippen LogP contribution in [-0.2, 0) is 14.3 Å². The Bertz CT molecular complexity index is 613. The topological polar surface area (TPSA) is 81.9 Å². The van der Waals surface area contributed by atoms with Gasteiger partial charge in [-0.1, -0.05) is 13.0 Å². The normalized spacial score (nSPS) is 18.0. The third kappa shape index (κ3) is 4.48. The second-order valence-electron chi connectivity index (χ2n) is 6.19. The van der Waals surface area contributed by atoms with E-state index in [4.69, 9.17) is 9.47 Å². The van der Waals surface area contributed by atoms with Crippen LogP contribution in [0, 0.1) is 10.1 Å². The van der Waals surface area contributed by atoms with E-state index in [0.29, 0.717) is 31.9 Å². The molecule has 0 bridgehead atoms. The van der Waals surface area contributed by atoms with Gasteiger partial charge in [0.2, 0.25) is 0 Å². The maximum absolute atomic E-state index is 11.7. The van der Waals surface area contributed by atoms with Gasteiger partial charge in [-0.2, -0.15) is 0 Å². The Balaban J connectivity index is 2.36. The number of esters is 1. The molecule has 1 aromatic carbocycles. The Morgan fingerprint density at radius 3 is 2.76 bits per heavy atom. The highest BCUT2D eigenvalue weighted by atomic mass is 16.6. The van der Waals surface area contributed by atoms with Crippen molar-refractivity contribution in [3.63, 3.8) is 0 Å². The Hall–Kier alpha value is -2.15. The molecular weight excluding hydrogens is 324 g/mol. The van der Waals surface area contributed by atoms with Crippen LogP contribution in [0.3, 0.4) is 0 Å². The summed E-state index contributed by atoms with van der Waals surface area (Å²) in [5.74, 6) is -0.401. The van der Waals surface area contributed by atoms with Crippen LogP contribution in [0.2, 0.25) is 0 Å². The molecule has 1 saturated heterocycles. The van der Waals surface area contributed by atoms with E-state index in [1.54, 1.807) is 12.1 Å². The highest BCUT2D eigenvalue weighted by Crippen LogP contribution is 2.35. The lowest BCUT2D eigenvalue weighted by Gasteiger charge is -2.29. The van der Waals surface area contributed by atoms with E-state index in [9.17, 15) is 14.9 Å². The molecule has 1 fully saturated rings. The molecule has 0 aliphatic carbocycles. The summed E-state index contributed by atoms with van der Waals surface area (Å²) in [5, 5.41) is 11.7. The zero-order valence-electron chi connectivity index (χ0n) is 15.1. The maximum Gasteiger partial charge on any atom is 0.306 e. The molecule has 2 atom stereocenters. The summed E-state index contributed by atoms with van der Waals surface area (Å²) in [6, 6.07) is 5.45. The largest absolute Gasteiger partial charge is 0.469 e. The molecule has 0 N–H and O–H groups in total. The van der Waals surface area contributed by atoms with E-state index in [1.165, 1.54) is 7.11 Å². The maximum atomic E-state index is 11.7. The number of methoxy groups -OCH3 is 1. The van der Waals surface area contributed by atoms with Crippen LogP contribution < -0.4 is 4.90 Å². The van der Waals surface area contributed by atoms with Crippen LogP contribution in [0.4, 0.5) is 11.4 Å². The zero-order valence-corrected chi connectivity index (χ0v) is 15.1. The van der Waals surface area contributed by atoms with Crippen molar-refractivity contribution >= 4 is 17.3 Å². The number of hydrogen-bond donors (Lipinski definition) is 0. The number of nitrogens with zero attached hydrogens (tertiary/aromatic N) is 2. The average Bonchev–Trinajstić information content (AvgIpc) is 3.14. The van der Waals surface area contributed by atoms with Gasteiger partial charge in [0, 0.05) is 19.2 Å². The molecule has 7 nitrogen and oxygen atoms in total. The van der Waals surface area contributed by atoms with Gasteiger partial charge in [-0.3, -0.25) is 14.9 Å². The van der Waals surface area contributed by atoms with Crippen molar-refractivity contribution in [2.75, 3.05) is 31.8 Å². The summed E-state index contributed by atoms with van der Waals surface area (Å²) < 4.78 is 10.2. The quantitative estimate of drug-likeness (QED) is 0.406. The van der Waals surface area contributed by atoms with Gasteiger partial charge < -0.3 is 14.4 Å². The molecule has 7 heteroatoms. The highest BCUT2D eigenvalue weighted by Gasteiger charge is 2.28. The van der Waals surface area contributed by atoms with Crippen molar-refractivity contribution in [2.45, 2.75) is 45.1 Å². The first-order valence-electron chi connectivity index (χ1n) is 8.71. The van der Waals surface area contributed by atoms with E-state index >= 15 is 0 Å². The first-order chi connectivity index (χ1) is 12.0. The van der Waals surface area contributed by atoms with Crippen molar-refractivity contribution < 1.29 is 19.2 Å². The fourth-order valence-corrected chi connectivity index (χ4v) is 3.36. The highest BCUT2D eigenvalue weighted by molar-refractivity contribution is 5.71. The number of carbonyl (C=O) groups excluding carboxylic acids is 1. The van der Waals surface area contributed by atoms with Crippen LogP contribution in [0.1, 0.15) is 44.6 Å². The molecule has 138 valence electrons. The van der Waals surface area contributed by atoms with Crippen LogP contribution in [0.25, 0.3) is 0 Å². The Morgan fingerprint density at radius 1 is 1.48 bits per heavy atom. The second kappa shape index (κ2) is 8.80. The summed E-state index contributed by atoms with van der Waals surface area (Å²) in [7, 11) is 1.35. The van der Waals surface area contributed by atoms with Gasteiger partial charge in [0.1, 0.15) is 5.69 Å². The Morgan fingerprint density at radius 2 is 2.24 bits per heavy atom. The molecule has 1 aliphatic rings. The predicted octanol–water partition coefficient (Wildman–Crippen LogP) is 3.27. The number of rotatable bonds is 8. The van der Waals surface area contributed by atoms with E-state index < -0.39 is 0 Å². The molecule has 0 aromatic heterocycles. The lowest BCUT2D eigenvalue weighted by molar-refractivity contribution is -0.384. The third-order valence-corrected chi connectivity index (χ3v) is 4.80. The molecule has 0 saturated carbocycles. The average molecular weight is 350 g/mol. The summed E-state index contributed by atoms with van der Waals surface area (Å²) in [6.45, 7) is 5.90. The Labute approximate surface area is 148 Å². The molecule has 0 amide bonds. The van der Waals surface area contributed by atoms with Crippen molar-refractivity contribution in [2.24, 2.45) is 0 Å².